The average molecular weight is 352 g/mol. The van der Waals surface area contributed by atoms with Gasteiger partial charge in [-0.15, -0.1) is 4.48 Å². The first-order chi connectivity index (χ1) is 12.6. The molecule has 2 atom stereocenters. The number of hydrogen-bond acceptors (Lipinski definition) is 3. The lowest BCUT2D eigenvalue weighted by Gasteiger charge is -2.28. The smallest absolute Gasteiger partial charge is 0.435 e. The number of benzene rings is 2. The second-order valence-electron chi connectivity index (χ2n) is 7.17. The van der Waals surface area contributed by atoms with Gasteiger partial charge in [-0.1, -0.05) is 48.5 Å². The summed E-state index contributed by atoms with van der Waals surface area (Å²) in [5.74, 6) is -0.0573. The molecule has 2 aromatic rings. The molecule has 0 bridgehead atoms. The van der Waals surface area contributed by atoms with Gasteiger partial charge in [-0.25, -0.2) is 0 Å². The van der Waals surface area contributed by atoms with Gasteiger partial charge >= 0.3 is 12.2 Å². The Morgan fingerprint density at radius 2 is 1.65 bits per heavy atom. The van der Waals surface area contributed by atoms with Crippen LogP contribution in [-0.4, -0.2) is 41.0 Å². The molecule has 2 amide bonds. The van der Waals surface area contributed by atoms with Crippen molar-refractivity contribution in [2.45, 2.75) is 31.7 Å². The fourth-order valence-electron chi connectivity index (χ4n) is 4.42. The van der Waals surface area contributed by atoms with E-state index in [-0.39, 0.29) is 18.6 Å². The van der Waals surface area contributed by atoms with Gasteiger partial charge in [0.1, 0.15) is 19.2 Å². The molecule has 1 heterocycles. The zero-order valence-electron chi connectivity index (χ0n) is 14.7. The third-order valence-electron chi connectivity index (χ3n) is 5.89. The van der Waals surface area contributed by atoms with Gasteiger partial charge in [0.2, 0.25) is 0 Å². The Labute approximate surface area is 152 Å². The summed E-state index contributed by atoms with van der Waals surface area (Å²) in [6.07, 6.45) is -0.328. The first kappa shape index (κ1) is 16.8. The van der Waals surface area contributed by atoms with Crippen LogP contribution in [0.2, 0.25) is 0 Å². The van der Waals surface area contributed by atoms with Crippen LogP contribution in [0.4, 0.5) is 9.59 Å². The number of carbonyl (C=O) groups is 2. The van der Waals surface area contributed by atoms with Crippen LogP contribution >= 0.6 is 0 Å². The van der Waals surface area contributed by atoms with E-state index in [1.165, 1.54) is 0 Å². The third-order valence-corrected chi connectivity index (χ3v) is 5.89. The second kappa shape index (κ2) is 6.25. The highest BCUT2D eigenvalue weighted by Gasteiger charge is 2.55. The third kappa shape index (κ3) is 2.35. The molecule has 0 spiro atoms. The Hall–Kier alpha value is -2.66. The Kier molecular flexibility index (Phi) is 4.04. The second-order valence-corrected chi connectivity index (χ2v) is 7.17. The zero-order chi connectivity index (χ0) is 18.3. The molecule has 0 radical (unpaired) electrons. The maximum absolute atomic E-state index is 12.8. The fraction of sp³-hybridized carbons (Fsp3) is 0.333. The maximum Gasteiger partial charge on any atom is 0.526 e. The quantitative estimate of drug-likeness (QED) is 0.802. The van der Waals surface area contributed by atoms with Gasteiger partial charge in [0.15, 0.2) is 0 Å². The van der Waals surface area contributed by atoms with Crippen LogP contribution in [0, 0.1) is 0 Å². The summed E-state index contributed by atoms with van der Waals surface area (Å²) in [4.78, 5) is 24.6. The molecular formula is C21H22NO4+. The highest BCUT2D eigenvalue weighted by atomic mass is 16.6. The summed E-state index contributed by atoms with van der Waals surface area (Å²) in [5.41, 5.74) is 4.55. The minimum absolute atomic E-state index is 0.0573. The number of fused-ring (bicyclic) bond motifs is 3. The minimum atomic E-state index is -1.12. The topological polar surface area (TPSA) is 63.6 Å². The number of ether oxygens (including phenoxy) is 1. The lowest BCUT2D eigenvalue weighted by atomic mass is 9.98. The number of nitrogens with zero attached hydrogens (tertiary/aromatic N) is 1. The summed E-state index contributed by atoms with van der Waals surface area (Å²) in [6.45, 7) is 2.27. The summed E-state index contributed by atoms with van der Waals surface area (Å²) in [6, 6.07) is 15.9. The number of likely N-dealkylation sites (tertiary alicyclic amines) is 1. The molecule has 2 aromatic carbocycles. The lowest BCUT2D eigenvalue weighted by molar-refractivity contribution is -0.795. The van der Waals surface area contributed by atoms with Crippen LogP contribution in [0.5, 0.6) is 0 Å². The standard InChI is InChI=1S/C21H21NO4/c1-14-7-6-12-22(14,20(23)24)21(25)26-13-19-17-10-4-2-8-15(17)16-9-3-5-11-18(16)19/h2-5,8-11,14,19H,6-7,12-13H2,1H3/p+1/t14-,22?/m1/s1. The number of quaternary nitrogens is 1. The fourth-order valence-corrected chi connectivity index (χ4v) is 4.42. The van der Waals surface area contributed by atoms with Crippen LogP contribution in [0.15, 0.2) is 48.5 Å². The molecule has 1 aliphatic heterocycles. The number of carboxylic acid groups (broad SMARTS) is 1. The van der Waals surface area contributed by atoms with E-state index < -0.39 is 16.7 Å². The maximum atomic E-state index is 12.8. The van der Waals surface area contributed by atoms with Crippen molar-refractivity contribution in [1.29, 1.82) is 0 Å². The Balaban J connectivity index is 1.60. The van der Waals surface area contributed by atoms with Gasteiger partial charge in [-0.3, -0.25) is 0 Å². The summed E-state index contributed by atoms with van der Waals surface area (Å²) in [7, 11) is 0. The molecule has 2 aliphatic rings. The summed E-state index contributed by atoms with van der Waals surface area (Å²) < 4.78 is 5.00. The number of imide groups is 1. The van der Waals surface area contributed by atoms with Gasteiger partial charge in [-0.2, -0.15) is 9.59 Å². The van der Waals surface area contributed by atoms with E-state index in [9.17, 15) is 14.7 Å². The SMILES string of the molecule is C[C@@H]1CCC[N+]1(C(=O)O)C(=O)OCC1c2ccccc2-c2ccccc21. The summed E-state index contributed by atoms with van der Waals surface area (Å²) >= 11 is 0. The molecule has 0 aromatic heterocycles. The van der Waals surface area contributed by atoms with Crippen molar-refractivity contribution >= 4 is 12.2 Å². The molecular weight excluding hydrogens is 330 g/mol. The van der Waals surface area contributed by atoms with Crippen molar-refractivity contribution in [3.8, 4) is 11.1 Å². The first-order valence-electron chi connectivity index (χ1n) is 9.02. The van der Waals surface area contributed by atoms with Crippen molar-refractivity contribution in [3.63, 3.8) is 0 Å². The number of carbonyl (C=O) groups excluding carboxylic acids is 1. The molecule has 5 nitrogen and oxygen atoms in total. The molecule has 0 saturated carbocycles. The van der Waals surface area contributed by atoms with Crippen molar-refractivity contribution in [3.05, 3.63) is 59.7 Å². The predicted molar refractivity (Wildman–Crippen MR) is 96.9 cm³/mol. The van der Waals surface area contributed by atoms with E-state index in [4.69, 9.17) is 4.74 Å². The number of amides is 2. The van der Waals surface area contributed by atoms with Gasteiger partial charge in [-0.05, 0) is 29.2 Å². The van der Waals surface area contributed by atoms with E-state index >= 15 is 0 Å². The molecule has 134 valence electrons. The monoisotopic (exact) mass is 352 g/mol. The lowest BCUT2D eigenvalue weighted by Crippen LogP contribution is -2.58. The van der Waals surface area contributed by atoms with Gasteiger partial charge in [0.25, 0.3) is 0 Å². The average Bonchev–Trinajstić information content (AvgIpc) is 3.19. The van der Waals surface area contributed by atoms with Crippen molar-refractivity contribution in [2.75, 3.05) is 13.2 Å². The Morgan fingerprint density at radius 3 is 2.15 bits per heavy atom. The van der Waals surface area contributed by atoms with Crippen LogP contribution in [0.3, 0.4) is 0 Å². The number of hydrogen-bond donors (Lipinski definition) is 1. The van der Waals surface area contributed by atoms with E-state index in [1.807, 2.05) is 43.3 Å². The molecule has 26 heavy (non-hydrogen) atoms. The Bertz CT molecular complexity index is 832. The zero-order valence-corrected chi connectivity index (χ0v) is 14.7. The van der Waals surface area contributed by atoms with E-state index in [0.29, 0.717) is 6.54 Å². The largest absolute Gasteiger partial charge is 0.526 e. The van der Waals surface area contributed by atoms with Crippen LogP contribution < -0.4 is 0 Å². The molecule has 5 heteroatoms. The van der Waals surface area contributed by atoms with Gasteiger partial charge in [0, 0.05) is 18.8 Å². The molecule has 4 rings (SSSR count). The highest BCUT2D eigenvalue weighted by molar-refractivity contribution is 5.79. The normalized spacial score (nSPS) is 24.1. The van der Waals surface area contributed by atoms with Crippen LogP contribution in [0.1, 0.15) is 36.8 Å². The van der Waals surface area contributed by atoms with Crippen LogP contribution in [0.25, 0.3) is 11.1 Å². The molecule has 1 aliphatic carbocycles. The van der Waals surface area contributed by atoms with E-state index in [2.05, 4.69) is 12.1 Å². The van der Waals surface area contributed by atoms with Crippen molar-refractivity contribution in [1.82, 2.24) is 0 Å². The first-order valence-corrected chi connectivity index (χ1v) is 9.02. The number of rotatable bonds is 2. The molecule has 1 N–H and O–H groups in total. The van der Waals surface area contributed by atoms with Crippen LogP contribution in [-0.2, 0) is 4.74 Å². The molecule has 1 saturated heterocycles. The predicted octanol–water partition coefficient (Wildman–Crippen LogP) is 4.61. The van der Waals surface area contributed by atoms with Crippen molar-refractivity contribution in [2.24, 2.45) is 0 Å². The van der Waals surface area contributed by atoms with E-state index in [1.54, 1.807) is 0 Å². The summed E-state index contributed by atoms with van der Waals surface area (Å²) in [5, 5.41) is 9.68. The molecule has 1 unspecified atom stereocenters. The minimum Gasteiger partial charge on any atom is -0.435 e. The highest BCUT2D eigenvalue weighted by Crippen LogP contribution is 2.44. The van der Waals surface area contributed by atoms with Gasteiger partial charge < -0.3 is 9.84 Å². The van der Waals surface area contributed by atoms with Gasteiger partial charge in [0.05, 0.1) is 0 Å². The van der Waals surface area contributed by atoms with Crippen molar-refractivity contribution < 1.29 is 23.9 Å². The Morgan fingerprint density at radius 1 is 1.08 bits per heavy atom. The molecule has 1 fully saturated rings. The van der Waals surface area contributed by atoms with E-state index in [0.717, 1.165) is 35.1 Å².